The van der Waals surface area contributed by atoms with Crippen LogP contribution >= 0.6 is 0 Å². The highest BCUT2D eigenvalue weighted by atomic mass is 16.1. The lowest BCUT2D eigenvalue weighted by Crippen LogP contribution is -2.44. The van der Waals surface area contributed by atoms with Crippen LogP contribution in [0.4, 0.5) is 11.4 Å². The van der Waals surface area contributed by atoms with Gasteiger partial charge in [-0.3, -0.25) is 4.79 Å². The van der Waals surface area contributed by atoms with E-state index in [1.165, 1.54) is 31.4 Å². The first-order valence-corrected chi connectivity index (χ1v) is 11.6. The molecule has 3 saturated carbocycles. The highest BCUT2D eigenvalue weighted by Crippen LogP contribution is 2.75. The number of allylic oxidation sites excluding steroid dienone is 1. The Hall–Kier alpha value is -2.60. The summed E-state index contributed by atoms with van der Waals surface area (Å²) in [5.74, 6) is 2.18. The topological polar surface area (TPSA) is 68.8 Å². The molecular weight excluding hydrogens is 386 g/mol. The number of aliphatic imine (C=N–C) groups is 1. The minimum absolute atomic E-state index is 0.0295. The van der Waals surface area contributed by atoms with Crippen molar-refractivity contribution in [3.8, 4) is 0 Å². The van der Waals surface area contributed by atoms with Gasteiger partial charge in [-0.15, -0.1) is 0 Å². The van der Waals surface area contributed by atoms with Gasteiger partial charge in [-0.05, 0) is 80.2 Å². The second-order valence-corrected chi connectivity index (χ2v) is 9.58. The van der Waals surface area contributed by atoms with Gasteiger partial charge in [0.1, 0.15) is 5.82 Å². The number of benzene rings is 1. The van der Waals surface area contributed by atoms with Crippen LogP contribution in [0.1, 0.15) is 32.6 Å². The van der Waals surface area contributed by atoms with Gasteiger partial charge in [-0.2, -0.15) is 0 Å². The first-order valence-electron chi connectivity index (χ1n) is 11.6. The number of nitrogens with one attached hydrogen (secondary N) is 3. The summed E-state index contributed by atoms with van der Waals surface area (Å²) in [5, 5.41) is 9.84. The van der Waals surface area contributed by atoms with Gasteiger partial charge in [0.05, 0.1) is 0 Å². The highest BCUT2D eigenvalue weighted by molar-refractivity contribution is 5.97. The molecule has 1 heterocycles. The van der Waals surface area contributed by atoms with Crippen molar-refractivity contribution in [2.75, 3.05) is 36.4 Å². The zero-order valence-electron chi connectivity index (χ0n) is 18.4. The molecule has 5 rings (SSSR count). The molecule has 6 nitrogen and oxygen atoms in total. The maximum absolute atomic E-state index is 12.5. The molecule has 1 aliphatic heterocycles. The van der Waals surface area contributed by atoms with Crippen molar-refractivity contribution in [2.45, 2.75) is 38.6 Å². The molecule has 4 aliphatic rings. The molecule has 3 N–H and O–H groups in total. The van der Waals surface area contributed by atoms with E-state index in [4.69, 9.17) is 0 Å². The number of carbonyl (C=O) groups excluding carboxylic acids is 1. The SMILES string of the molecule is C=C(/N=C\C=C(/C)C(=O)NC1CC2CC23CCC13)Nc1ccc(N2CCNCC2)cc1. The Labute approximate surface area is 184 Å². The molecule has 6 heteroatoms. The average molecular weight is 420 g/mol. The van der Waals surface area contributed by atoms with E-state index in [1.807, 2.05) is 19.1 Å². The quantitative estimate of drug-likeness (QED) is 0.469. The third-order valence-electron chi connectivity index (χ3n) is 7.83. The van der Waals surface area contributed by atoms with Crippen molar-refractivity contribution >= 4 is 23.5 Å². The molecule has 4 fully saturated rings. The molecule has 31 heavy (non-hydrogen) atoms. The molecule has 1 spiro atoms. The fraction of sp³-hybridized carbons (Fsp3) is 0.520. The smallest absolute Gasteiger partial charge is 0.247 e. The van der Waals surface area contributed by atoms with Gasteiger partial charge >= 0.3 is 0 Å². The van der Waals surface area contributed by atoms with E-state index in [-0.39, 0.29) is 5.91 Å². The first-order chi connectivity index (χ1) is 15.0. The largest absolute Gasteiger partial charge is 0.369 e. The summed E-state index contributed by atoms with van der Waals surface area (Å²) in [7, 11) is 0. The van der Waals surface area contributed by atoms with Crippen LogP contribution in [0.5, 0.6) is 0 Å². The molecule has 0 aromatic heterocycles. The maximum Gasteiger partial charge on any atom is 0.247 e. The standard InChI is InChI=1S/C25H33N5O/c1-17(24(31)29-23-15-19-16-25(19)9-7-22(23)25)8-10-27-18(2)28-20-3-5-21(6-4-20)30-13-11-26-12-14-30/h3-6,8,10,19,22-23,26,28H,2,7,9,11-16H2,1H3,(H,29,31)/b17-8+,27-10-. The number of anilines is 2. The fourth-order valence-electron chi connectivity index (χ4n) is 5.87. The van der Waals surface area contributed by atoms with Crippen molar-refractivity contribution in [1.29, 1.82) is 0 Å². The normalized spacial score (nSPS) is 31.6. The van der Waals surface area contributed by atoms with Gasteiger partial charge in [0.25, 0.3) is 0 Å². The maximum atomic E-state index is 12.5. The average Bonchev–Trinajstić information content (AvgIpc) is 3.46. The minimum Gasteiger partial charge on any atom is -0.369 e. The minimum atomic E-state index is 0.0295. The molecule has 3 aliphatic carbocycles. The molecule has 0 bridgehead atoms. The summed E-state index contributed by atoms with van der Waals surface area (Å²) >= 11 is 0. The van der Waals surface area contributed by atoms with E-state index in [1.54, 1.807) is 12.3 Å². The Morgan fingerprint density at radius 2 is 2.06 bits per heavy atom. The van der Waals surface area contributed by atoms with Crippen molar-refractivity contribution in [3.05, 3.63) is 48.3 Å². The van der Waals surface area contributed by atoms with Crippen LogP contribution in [0.25, 0.3) is 0 Å². The Morgan fingerprint density at radius 1 is 1.29 bits per heavy atom. The molecule has 1 aromatic carbocycles. The summed E-state index contributed by atoms with van der Waals surface area (Å²) in [6.45, 7) is 9.93. The van der Waals surface area contributed by atoms with E-state index < -0.39 is 0 Å². The number of nitrogens with zero attached hydrogens (tertiary/aromatic N) is 2. The van der Waals surface area contributed by atoms with Crippen LogP contribution in [0.3, 0.4) is 0 Å². The molecular formula is C25H33N5O. The van der Waals surface area contributed by atoms with Crippen LogP contribution in [-0.4, -0.2) is 44.3 Å². The third kappa shape index (κ3) is 4.01. The fourth-order valence-corrected chi connectivity index (χ4v) is 5.87. The summed E-state index contributed by atoms with van der Waals surface area (Å²) in [5.41, 5.74) is 3.50. The number of rotatable bonds is 7. The lowest BCUT2D eigenvalue weighted by molar-refractivity contribution is -0.118. The molecule has 0 radical (unpaired) electrons. The van der Waals surface area contributed by atoms with Crippen LogP contribution < -0.4 is 20.9 Å². The molecule has 4 atom stereocenters. The van der Waals surface area contributed by atoms with E-state index in [2.05, 4.69) is 44.6 Å². The molecule has 1 amide bonds. The Kier molecular flexibility index (Phi) is 5.34. The summed E-state index contributed by atoms with van der Waals surface area (Å²) in [4.78, 5) is 19.3. The van der Waals surface area contributed by atoms with E-state index in [0.29, 0.717) is 22.9 Å². The predicted octanol–water partition coefficient (Wildman–Crippen LogP) is 3.30. The first kappa shape index (κ1) is 20.3. The van der Waals surface area contributed by atoms with E-state index in [0.717, 1.165) is 43.7 Å². The van der Waals surface area contributed by atoms with Gasteiger partial charge in [-0.25, -0.2) is 4.99 Å². The van der Waals surface area contributed by atoms with Crippen LogP contribution in [0.15, 0.2) is 53.3 Å². The van der Waals surface area contributed by atoms with Crippen LogP contribution in [-0.2, 0) is 4.79 Å². The van der Waals surface area contributed by atoms with Crippen molar-refractivity contribution in [1.82, 2.24) is 10.6 Å². The van der Waals surface area contributed by atoms with Gasteiger partial charge < -0.3 is 20.9 Å². The molecule has 1 saturated heterocycles. The van der Waals surface area contributed by atoms with Gasteiger partial charge in [0, 0.05) is 55.4 Å². The number of amides is 1. The lowest BCUT2D eigenvalue weighted by atomic mass is 9.69. The number of hydrogen-bond donors (Lipinski definition) is 3. The molecule has 164 valence electrons. The molecule has 4 unspecified atom stereocenters. The Bertz CT molecular complexity index is 910. The van der Waals surface area contributed by atoms with E-state index in [9.17, 15) is 4.79 Å². The molecule has 1 aromatic rings. The van der Waals surface area contributed by atoms with Crippen molar-refractivity contribution in [2.24, 2.45) is 22.2 Å². The number of carbonyl (C=O) groups is 1. The lowest BCUT2D eigenvalue weighted by Gasteiger charge is -2.38. The summed E-state index contributed by atoms with van der Waals surface area (Å²) in [6, 6.07) is 8.72. The second-order valence-electron chi connectivity index (χ2n) is 9.58. The summed E-state index contributed by atoms with van der Waals surface area (Å²) in [6.07, 6.45) is 8.65. The number of piperazine rings is 1. The van der Waals surface area contributed by atoms with Crippen LogP contribution in [0.2, 0.25) is 0 Å². The second kappa shape index (κ2) is 8.15. The van der Waals surface area contributed by atoms with E-state index >= 15 is 0 Å². The van der Waals surface area contributed by atoms with Gasteiger partial charge in [0.2, 0.25) is 5.91 Å². The predicted molar refractivity (Wildman–Crippen MR) is 126 cm³/mol. The van der Waals surface area contributed by atoms with Gasteiger partial charge in [-0.1, -0.05) is 6.58 Å². The number of hydrogen-bond acceptors (Lipinski definition) is 5. The van der Waals surface area contributed by atoms with Crippen molar-refractivity contribution < 1.29 is 4.79 Å². The Morgan fingerprint density at radius 3 is 2.74 bits per heavy atom. The third-order valence-corrected chi connectivity index (χ3v) is 7.83. The highest BCUT2D eigenvalue weighted by Gasteiger charge is 2.70. The summed E-state index contributed by atoms with van der Waals surface area (Å²) < 4.78 is 0. The van der Waals surface area contributed by atoms with Gasteiger partial charge in [0.15, 0.2) is 0 Å². The van der Waals surface area contributed by atoms with Crippen molar-refractivity contribution in [3.63, 3.8) is 0 Å². The zero-order valence-corrected chi connectivity index (χ0v) is 18.4. The monoisotopic (exact) mass is 419 g/mol. The Balaban J connectivity index is 1.09. The zero-order chi connectivity index (χ0) is 21.4. The van der Waals surface area contributed by atoms with Crippen LogP contribution in [0, 0.1) is 17.3 Å².